The molecule has 5 heteroatoms. The number of benzene rings is 2. The fourth-order valence-corrected chi connectivity index (χ4v) is 7.73. The van der Waals surface area contributed by atoms with Gasteiger partial charge in [0.2, 0.25) is 0 Å². The number of hydrogen-bond acceptors (Lipinski definition) is 3. The van der Waals surface area contributed by atoms with E-state index in [1.807, 2.05) is 26.0 Å². The van der Waals surface area contributed by atoms with E-state index in [0.29, 0.717) is 36.9 Å². The first kappa shape index (κ1) is 36.9. The number of rotatable bonds is 14. The second kappa shape index (κ2) is 19.2. The first-order valence-electron chi connectivity index (χ1n) is 17.6. The molecule has 0 bridgehead atoms. The van der Waals surface area contributed by atoms with Crippen LogP contribution in [-0.2, 0) is 22.4 Å². The molecule has 2 aliphatic carbocycles. The van der Waals surface area contributed by atoms with Gasteiger partial charge < -0.3 is 9.84 Å². The van der Waals surface area contributed by atoms with E-state index in [1.165, 1.54) is 80.2 Å². The lowest BCUT2D eigenvalue weighted by molar-refractivity contribution is -0.130. The highest BCUT2D eigenvalue weighted by molar-refractivity contribution is 5.67. The molecule has 2 fully saturated rings. The van der Waals surface area contributed by atoms with Crippen molar-refractivity contribution in [1.82, 2.24) is 0 Å². The zero-order valence-electron chi connectivity index (χ0n) is 28.4. The molecular formula is C40H58F2O3. The Morgan fingerprint density at radius 2 is 1.56 bits per heavy atom. The van der Waals surface area contributed by atoms with Crippen molar-refractivity contribution >= 4 is 6.47 Å². The molecule has 250 valence electrons. The summed E-state index contributed by atoms with van der Waals surface area (Å²) in [6.07, 6.45) is 15.4. The lowest BCUT2D eigenvalue weighted by Gasteiger charge is -2.39. The minimum atomic E-state index is -0.456. The van der Waals surface area contributed by atoms with Crippen LogP contribution in [0.5, 0.6) is 0 Å². The second-order valence-corrected chi connectivity index (χ2v) is 14.0. The Labute approximate surface area is 271 Å². The number of aliphatic hydroxyl groups excluding tert-OH is 1. The van der Waals surface area contributed by atoms with Gasteiger partial charge in [-0.3, -0.25) is 4.79 Å². The maximum absolute atomic E-state index is 15.1. The van der Waals surface area contributed by atoms with Gasteiger partial charge in [-0.25, -0.2) is 8.78 Å². The van der Waals surface area contributed by atoms with Crippen molar-refractivity contribution in [2.45, 2.75) is 124 Å². The van der Waals surface area contributed by atoms with Crippen molar-refractivity contribution in [3.05, 3.63) is 70.8 Å². The van der Waals surface area contributed by atoms with Gasteiger partial charge in [-0.1, -0.05) is 63.3 Å². The first-order chi connectivity index (χ1) is 21.7. The number of unbranched alkanes of at least 4 members (excludes halogenated alkanes) is 2. The van der Waals surface area contributed by atoms with Crippen molar-refractivity contribution < 1.29 is 23.4 Å². The molecule has 2 aliphatic rings. The van der Waals surface area contributed by atoms with E-state index in [1.54, 1.807) is 0 Å². The highest BCUT2D eigenvalue weighted by Crippen LogP contribution is 2.45. The summed E-state index contributed by atoms with van der Waals surface area (Å²) in [6, 6.07) is 9.15. The summed E-state index contributed by atoms with van der Waals surface area (Å²) in [5, 5.41) is 9.61. The number of aliphatic hydroxyl groups is 1. The van der Waals surface area contributed by atoms with Crippen molar-refractivity contribution in [2.75, 3.05) is 13.2 Å². The predicted octanol–water partition coefficient (Wildman–Crippen LogP) is 10.8. The third-order valence-corrected chi connectivity index (χ3v) is 10.1. The Hall–Kier alpha value is -2.53. The molecule has 0 amide bonds. The molecule has 0 aromatic heterocycles. The fourth-order valence-electron chi connectivity index (χ4n) is 7.73. The summed E-state index contributed by atoms with van der Waals surface area (Å²) in [4.78, 5) is 10.5. The molecule has 0 radical (unpaired) electrons. The van der Waals surface area contributed by atoms with Gasteiger partial charge in [0.1, 0.15) is 11.6 Å². The largest absolute Gasteiger partial charge is 0.468 e. The zero-order chi connectivity index (χ0) is 32.8. The van der Waals surface area contributed by atoms with Gasteiger partial charge in [0.25, 0.3) is 6.47 Å². The van der Waals surface area contributed by atoms with Gasteiger partial charge in [-0.2, -0.15) is 0 Å². The van der Waals surface area contributed by atoms with Crippen LogP contribution in [0.2, 0.25) is 0 Å². The number of aryl methyl sites for hydroxylation is 2. The van der Waals surface area contributed by atoms with Crippen LogP contribution in [0.25, 0.3) is 11.1 Å². The third-order valence-electron chi connectivity index (χ3n) is 10.1. The number of halogens is 2. The molecule has 0 heterocycles. The third kappa shape index (κ3) is 11.3. The fraction of sp³-hybridized carbons (Fsp3) is 0.625. The van der Waals surface area contributed by atoms with Crippen LogP contribution >= 0.6 is 0 Å². The van der Waals surface area contributed by atoms with Gasteiger partial charge in [-0.15, -0.1) is 6.58 Å². The predicted molar refractivity (Wildman–Crippen MR) is 182 cm³/mol. The molecule has 45 heavy (non-hydrogen) atoms. The van der Waals surface area contributed by atoms with Crippen LogP contribution < -0.4 is 0 Å². The molecular weight excluding hydrogens is 566 g/mol. The summed E-state index contributed by atoms with van der Waals surface area (Å²) in [5.74, 6) is 1.85. The summed E-state index contributed by atoms with van der Waals surface area (Å²) in [6.45, 7) is 12.6. The normalized spacial score (nSPS) is 22.2. The Balaban J connectivity index is 0.00000130. The average molecular weight is 625 g/mol. The number of carbonyl (C=O) groups is 1. The van der Waals surface area contributed by atoms with Crippen molar-refractivity contribution in [3.63, 3.8) is 0 Å². The van der Waals surface area contributed by atoms with Crippen molar-refractivity contribution in [1.29, 1.82) is 0 Å². The van der Waals surface area contributed by atoms with Gasteiger partial charge in [0, 0.05) is 12.5 Å². The van der Waals surface area contributed by atoms with Crippen molar-refractivity contribution in [3.8, 4) is 11.1 Å². The average Bonchev–Trinajstić information content (AvgIpc) is 3.03. The quantitative estimate of drug-likeness (QED) is 0.129. The molecule has 2 aromatic rings. The highest BCUT2D eigenvalue weighted by Gasteiger charge is 2.32. The van der Waals surface area contributed by atoms with E-state index in [-0.39, 0.29) is 18.1 Å². The summed E-state index contributed by atoms with van der Waals surface area (Å²) >= 11 is 0. The standard InChI is InChI=1S/C36H50F2O3.C4H8/c1-3-5-6-7-26-19-34(37)36(35(38)20-26)32-16-17-33(28(4-2)21-32)31-14-12-30(13-15-31)29-10-8-25(9-11-29)18-27(22-39)23-41-24-40;1-4(2)3/h16-17,19-21,24-25,27,29-31,39H,3-15,18,22-23H2,1-2H3;1H2,2-3H3. The Bertz CT molecular complexity index is 1170. The first-order valence-corrected chi connectivity index (χ1v) is 17.6. The Morgan fingerprint density at radius 3 is 2.09 bits per heavy atom. The molecule has 1 N–H and O–H groups in total. The van der Waals surface area contributed by atoms with Crippen LogP contribution in [0.3, 0.4) is 0 Å². The lowest BCUT2D eigenvalue weighted by atomic mass is 9.67. The maximum atomic E-state index is 15.1. The van der Waals surface area contributed by atoms with Crippen LogP contribution in [0, 0.1) is 35.3 Å². The summed E-state index contributed by atoms with van der Waals surface area (Å²) in [7, 11) is 0. The molecule has 0 spiro atoms. The van der Waals surface area contributed by atoms with Crippen LogP contribution in [0.4, 0.5) is 8.78 Å². The monoisotopic (exact) mass is 624 g/mol. The van der Waals surface area contributed by atoms with Gasteiger partial charge in [-0.05, 0) is 136 Å². The number of carbonyl (C=O) groups excluding carboxylic acids is 1. The molecule has 2 saturated carbocycles. The minimum absolute atomic E-state index is 0.0548. The van der Waals surface area contributed by atoms with Gasteiger partial charge >= 0.3 is 0 Å². The van der Waals surface area contributed by atoms with E-state index < -0.39 is 11.6 Å². The van der Waals surface area contributed by atoms with Crippen LogP contribution in [0.15, 0.2) is 42.5 Å². The maximum Gasteiger partial charge on any atom is 0.293 e. The summed E-state index contributed by atoms with van der Waals surface area (Å²) in [5.41, 5.74) is 5.24. The SMILES string of the molecule is C=C(C)C.CCCCCc1cc(F)c(-c2ccc(C3CCC(C4CCC(CC(CO)COC=O)CC4)CC3)c(CC)c2)c(F)c1. The second-order valence-electron chi connectivity index (χ2n) is 14.0. The van der Waals surface area contributed by atoms with Gasteiger partial charge in [0.05, 0.1) is 12.2 Å². The van der Waals surface area contributed by atoms with Crippen molar-refractivity contribution in [2.24, 2.45) is 23.7 Å². The number of hydrogen-bond donors (Lipinski definition) is 1. The van der Waals surface area contributed by atoms with Crippen LogP contribution in [-0.4, -0.2) is 24.8 Å². The minimum Gasteiger partial charge on any atom is -0.468 e. The molecule has 1 unspecified atom stereocenters. The van der Waals surface area contributed by atoms with Gasteiger partial charge in [0.15, 0.2) is 0 Å². The number of allylic oxidation sites excluding steroid dienone is 1. The Morgan fingerprint density at radius 1 is 0.956 bits per heavy atom. The smallest absolute Gasteiger partial charge is 0.293 e. The Kier molecular flexibility index (Phi) is 15.8. The van der Waals surface area contributed by atoms with E-state index in [4.69, 9.17) is 4.74 Å². The van der Waals surface area contributed by atoms with E-state index in [0.717, 1.165) is 49.5 Å². The number of ether oxygens (including phenoxy) is 1. The molecule has 2 aromatic carbocycles. The van der Waals surface area contributed by atoms with E-state index in [9.17, 15) is 9.90 Å². The molecule has 3 nitrogen and oxygen atoms in total. The van der Waals surface area contributed by atoms with E-state index in [2.05, 4.69) is 26.5 Å². The highest BCUT2D eigenvalue weighted by atomic mass is 19.1. The lowest BCUT2D eigenvalue weighted by Crippen LogP contribution is -2.27. The zero-order valence-corrected chi connectivity index (χ0v) is 28.4. The molecule has 1 atom stereocenters. The van der Waals surface area contributed by atoms with Crippen LogP contribution in [0.1, 0.15) is 127 Å². The molecule has 4 rings (SSSR count). The molecule has 0 saturated heterocycles. The van der Waals surface area contributed by atoms with E-state index >= 15 is 8.78 Å². The topological polar surface area (TPSA) is 46.5 Å². The molecule has 0 aliphatic heterocycles. The summed E-state index contributed by atoms with van der Waals surface area (Å²) < 4.78 is 35.1.